The summed E-state index contributed by atoms with van der Waals surface area (Å²) in [6.07, 6.45) is 2.68. The molecule has 4 rings (SSSR count). The fourth-order valence-electron chi connectivity index (χ4n) is 4.04. The summed E-state index contributed by atoms with van der Waals surface area (Å²) < 4.78 is 33.4. The number of amides is 1. The molecule has 3 aromatic rings. The molecule has 1 amide bonds. The first kappa shape index (κ1) is 21.9. The van der Waals surface area contributed by atoms with Gasteiger partial charge in [0.15, 0.2) is 0 Å². The Labute approximate surface area is 188 Å². The molecule has 166 valence electrons. The highest BCUT2D eigenvalue weighted by Crippen LogP contribution is 2.25. The van der Waals surface area contributed by atoms with Gasteiger partial charge in [0.25, 0.3) is 15.9 Å². The molecular weight excluding hydrogens is 424 g/mol. The topological polar surface area (TPSA) is 75.7 Å². The van der Waals surface area contributed by atoms with Crippen LogP contribution in [0.4, 0.5) is 5.69 Å². The van der Waals surface area contributed by atoms with Gasteiger partial charge in [-0.15, -0.1) is 0 Å². The second-order valence-electron chi connectivity index (χ2n) is 7.85. The number of carbonyl (C=O) groups excluding carboxylic acids is 1. The maximum absolute atomic E-state index is 13.3. The van der Waals surface area contributed by atoms with E-state index in [2.05, 4.69) is 16.9 Å². The van der Waals surface area contributed by atoms with Crippen LogP contribution >= 0.6 is 0 Å². The van der Waals surface area contributed by atoms with E-state index in [9.17, 15) is 13.2 Å². The Morgan fingerprint density at radius 2 is 1.78 bits per heavy atom. The molecule has 3 aromatic carbocycles. The van der Waals surface area contributed by atoms with Crippen LogP contribution in [0.5, 0.6) is 5.75 Å². The molecule has 0 radical (unpaired) electrons. The van der Waals surface area contributed by atoms with E-state index in [1.54, 1.807) is 43.5 Å². The molecule has 1 fully saturated rings. The van der Waals surface area contributed by atoms with E-state index < -0.39 is 10.0 Å². The number of benzene rings is 3. The zero-order valence-electron chi connectivity index (χ0n) is 17.9. The molecule has 6 nitrogen and oxygen atoms in total. The van der Waals surface area contributed by atoms with Crippen LogP contribution in [0.1, 0.15) is 28.8 Å². The number of nitrogens with zero attached hydrogens (tertiary/aromatic N) is 1. The first-order valence-corrected chi connectivity index (χ1v) is 12.1. The van der Waals surface area contributed by atoms with E-state index in [1.807, 2.05) is 23.1 Å². The highest BCUT2D eigenvalue weighted by atomic mass is 32.2. The average Bonchev–Trinajstić information content (AvgIpc) is 3.27. The zero-order valence-corrected chi connectivity index (χ0v) is 18.7. The number of sulfonamides is 1. The minimum atomic E-state index is -3.84. The van der Waals surface area contributed by atoms with Gasteiger partial charge in [0.1, 0.15) is 5.75 Å². The van der Waals surface area contributed by atoms with Crippen LogP contribution < -0.4 is 9.46 Å². The van der Waals surface area contributed by atoms with Gasteiger partial charge in [-0.25, -0.2) is 8.42 Å². The lowest BCUT2D eigenvalue weighted by Gasteiger charge is -2.25. The van der Waals surface area contributed by atoms with Crippen LogP contribution in [0, 0.1) is 0 Å². The quantitative estimate of drug-likeness (QED) is 0.581. The van der Waals surface area contributed by atoms with Crippen LogP contribution in [-0.2, 0) is 16.4 Å². The van der Waals surface area contributed by atoms with Crippen LogP contribution in [0.25, 0.3) is 0 Å². The van der Waals surface area contributed by atoms with Crippen molar-refractivity contribution < 1.29 is 17.9 Å². The van der Waals surface area contributed by atoms with Gasteiger partial charge in [0, 0.05) is 23.8 Å². The molecule has 0 spiro atoms. The normalized spacial score (nSPS) is 16.0. The van der Waals surface area contributed by atoms with Crippen LogP contribution in [0.15, 0.2) is 83.8 Å². The Bertz CT molecular complexity index is 1180. The van der Waals surface area contributed by atoms with Gasteiger partial charge >= 0.3 is 0 Å². The number of hydrogen-bond acceptors (Lipinski definition) is 4. The number of likely N-dealkylation sites (tertiary alicyclic amines) is 1. The van der Waals surface area contributed by atoms with Gasteiger partial charge in [0.2, 0.25) is 0 Å². The molecule has 7 heteroatoms. The van der Waals surface area contributed by atoms with Gasteiger partial charge in [-0.05, 0) is 67.3 Å². The monoisotopic (exact) mass is 450 g/mol. The second-order valence-corrected chi connectivity index (χ2v) is 9.53. The first-order valence-electron chi connectivity index (χ1n) is 10.6. The van der Waals surface area contributed by atoms with Crippen molar-refractivity contribution in [2.75, 3.05) is 18.4 Å². The SMILES string of the molecule is COc1ccc(NS(=O)(=O)c2cccc(C(=O)N3CCCC3Cc3ccccc3)c2)cc1. The van der Waals surface area contributed by atoms with Crippen LogP contribution in [0.2, 0.25) is 0 Å². The molecule has 1 aliphatic heterocycles. The van der Waals surface area contributed by atoms with Crippen molar-refractivity contribution >= 4 is 21.6 Å². The smallest absolute Gasteiger partial charge is 0.261 e. The van der Waals surface area contributed by atoms with Crippen LogP contribution in [0.3, 0.4) is 0 Å². The Morgan fingerprint density at radius 3 is 2.50 bits per heavy atom. The van der Waals surface area contributed by atoms with Crippen molar-refractivity contribution in [3.63, 3.8) is 0 Å². The summed E-state index contributed by atoms with van der Waals surface area (Å²) in [6, 6.07) is 23.1. The standard InChI is InChI=1S/C25H26N2O4S/c1-31-23-14-12-21(13-15-23)26-32(29,30)24-11-5-9-20(18-24)25(28)27-16-6-10-22(27)17-19-7-3-2-4-8-19/h2-5,7-9,11-15,18,22,26H,6,10,16-17H2,1H3. The van der Waals surface area contributed by atoms with Gasteiger partial charge in [-0.1, -0.05) is 36.4 Å². The maximum Gasteiger partial charge on any atom is 0.261 e. The Kier molecular flexibility index (Phi) is 6.46. The number of carbonyl (C=O) groups is 1. The third-order valence-electron chi connectivity index (χ3n) is 5.69. The third kappa shape index (κ3) is 4.94. The first-order chi connectivity index (χ1) is 15.5. The van der Waals surface area contributed by atoms with E-state index in [0.717, 1.165) is 19.3 Å². The van der Waals surface area contributed by atoms with E-state index in [4.69, 9.17) is 4.74 Å². The molecule has 32 heavy (non-hydrogen) atoms. The number of hydrogen-bond donors (Lipinski definition) is 1. The highest BCUT2D eigenvalue weighted by Gasteiger charge is 2.30. The predicted octanol–water partition coefficient (Wildman–Crippen LogP) is 4.34. The minimum Gasteiger partial charge on any atom is -0.497 e. The lowest BCUT2D eigenvalue weighted by Crippen LogP contribution is -2.36. The summed E-state index contributed by atoms with van der Waals surface area (Å²) in [6.45, 7) is 0.678. The molecule has 1 atom stereocenters. The molecule has 1 aliphatic rings. The van der Waals surface area contributed by atoms with Gasteiger partial charge in [-0.2, -0.15) is 0 Å². The van der Waals surface area contributed by atoms with Gasteiger partial charge < -0.3 is 9.64 Å². The van der Waals surface area contributed by atoms with Crippen LogP contribution in [-0.4, -0.2) is 38.9 Å². The molecule has 1 unspecified atom stereocenters. The Balaban J connectivity index is 1.51. The van der Waals surface area contributed by atoms with Crippen molar-refractivity contribution in [1.82, 2.24) is 4.90 Å². The number of ether oxygens (including phenoxy) is 1. The predicted molar refractivity (Wildman–Crippen MR) is 124 cm³/mol. The zero-order chi connectivity index (χ0) is 22.6. The van der Waals surface area contributed by atoms with Gasteiger partial charge in [-0.3, -0.25) is 9.52 Å². The second kappa shape index (κ2) is 9.44. The summed E-state index contributed by atoms with van der Waals surface area (Å²) in [7, 11) is -2.29. The molecule has 1 heterocycles. The summed E-state index contributed by atoms with van der Waals surface area (Å²) in [4.78, 5) is 15.2. The molecule has 1 N–H and O–H groups in total. The van der Waals surface area contributed by atoms with Crippen molar-refractivity contribution in [2.24, 2.45) is 0 Å². The minimum absolute atomic E-state index is 0.0537. The van der Waals surface area contributed by atoms with Crippen molar-refractivity contribution in [1.29, 1.82) is 0 Å². The fraction of sp³-hybridized carbons (Fsp3) is 0.240. The molecule has 0 aromatic heterocycles. The number of methoxy groups -OCH3 is 1. The highest BCUT2D eigenvalue weighted by molar-refractivity contribution is 7.92. The van der Waals surface area contributed by atoms with Gasteiger partial charge in [0.05, 0.1) is 12.0 Å². The number of nitrogens with one attached hydrogen (secondary N) is 1. The molecule has 0 bridgehead atoms. The molecule has 0 aliphatic carbocycles. The van der Waals surface area contributed by atoms with E-state index in [-0.39, 0.29) is 16.8 Å². The maximum atomic E-state index is 13.3. The van der Waals surface area contributed by atoms with E-state index in [1.165, 1.54) is 17.7 Å². The summed E-state index contributed by atoms with van der Waals surface area (Å²) in [5.74, 6) is 0.501. The molecular formula is C25H26N2O4S. The lowest BCUT2D eigenvalue weighted by atomic mass is 10.0. The summed E-state index contributed by atoms with van der Waals surface area (Å²) >= 11 is 0. The van der Waals surface area contributed by atoms with Crippen molar-refractivity contribution in [3.05, 3.63) is 90.0 Å². The molecule has 0 saturated carbocycles. The largest absolute Gasteiger partial charge is 0.497 e. The average molecular weight is 451 g/mol. The van der Waals surface area contributed by atoms with E-state index >= 15 is 0 Å². The number of anilines is 1. The third-order valence-corrected chi connectivity index (χ3v) is 7.06. The van der Waals surface area contributed by atoms with Crippen molar-refractivity contribution in [3.8, 4) is 5.75 Å². The van der Waals surface area contributed by atoms with E-state index in [0.29, 0.717) is 23.5 Å². The number of rotatable bonds is 7. The Hall–Kier alpha value is -3.32. The summed E-state index contributed by atoms with van der Waals surface area (Å²) in [5.41, 5.74) is 1.99. The Morgan fingerprint density at radius 1 is 1.03 bits per heavy atom. The lowest BCUT2D eigenvalue weighted by molar-refractivity contribution is 0.0736. The fourth-order valence-corrected chi connectivity index (χ4v) is 5.14. The summed E-state index contributed by atoms with van der Waals surface area (Å²) in [5, 5.41) is 0. The van der Waals surface area contributed by atoms with Crippen molar-refractivity contribution in [2.45, 2.75) is 30.2 Å². The molecule has 1 saturated heterocycles.